The second-order valence-electron chi connectivity index (χ2n) is 5.48. The minimum absolute atomic E-state index is 0.0274. The van der Waals surface area contributed by atoms with Gasteiger partial charge in [0, 0.05) is 17.7 Å². The summed E-state index contributed by atoms with van der Waals surface area (Å²) in [5, 5.41) is 2.93. The molecular formula is C19H17ClF3N3O. The summed E-state index contributed by atoms with van der Waals surface area (Å²) < 4.78 is 38.6. The predicted molar refractivity (Wildman–Crippen MR) is 100 cm³/mol. The SMILES string of the molecule is CCNC(=O)c1ccc(C(C=C(N)C(F)(F)F)=Nc2ccccc2Cl)cc1. The van der Waals surface area contributed by atoms with Crippen molar-refractivity contribution >= 4 is 28.9 Å². The Labute approximate surface area is 159 Å². The average Bonchev–Trinajstić information content (AvgIpc) is 2.62. The largest absolute Gasteiger partial charge is 0.430 e. The van der Waals surface area contributed by atoms with Crippen LogP contribution in [0, 0.1) is 0 Å². The number of aliphatic imine (C=N–C) groups is 1. The van der Waals surface area contributed by atoms with E-state index in [1.165, 1.54) is 24.3 Å². The van der Waals surface area contributed by atoms with Crippen molar-refractivity contribution in [3.05, 3.63) is 76.5 Å². The van der Waals surface area contributed by atoms with E-state index in [4.69, 9.17) is 17.3 Å². The van der Waals surface area contributed by atoms with Gasteiger partial charge in [0.25, 0.3) is 5.91 Å². The second kappa shape index (κ2) is 8.73. The van der Waals surface area contributed by atoms with E-state index in [-0.39, 0.29) is 16.6 Å². The van der Waals surface area contributed by atoms with Crippen molar-refractivity contribution in [2.45, 2.75) is 13.1 Å². The molecule has 0 aliphatic carbocycles. The van der Waals surface area contributed by atoms with Gasteiger partial charge in [0.05, 0.1) is 16.4 Å². The van der Waals surface area contributed by atoms with Crippen LogP contribution in [0.25, 0.3) is 0 Å². The summed E-state index contributed by atoms with van der Waals surface area (Å²) in [5.41, 5.74) is 4.87. The number of benzene rings is 2. The van der Waals surface area contributed by atoms with Crippen LogP contribution in [-0.4, -0.2) is 24.3 Å². The lowest BCUT2D eigenvalue weighted by Crippen LogP contribution is -2.22. The zero-order valence-corrected chi connectivity index (χ0v) is 15.1. The molecule has 3 N–H and O–H groups in total. The summed E-state index contributed by atoms with van der Waals surface area (Å²) in [5.74, 6) is -0.279. The molecule has 142 valence electrons. The highest BCUT2D eigenvalue weighted by Crippen LogP contribution is 2.27. The molecule has 0 bridgehead atoms. The maximum Gasteiger partial charge on any atom is 0.430 e. The van der Waals surface area contributed by atoms with E-state index in [0.717, 1.165) is 6.08 Å². The predicted octanol–water partition coefficient (Wildman–Crippen LogP) is 4.62. The number of halogens is 4. The summed E-state index contributed by atoms with van der Waals surface area (Å²) in [4.78, 5) is 16.1. The van der Waals surface area contributed by atoms with Gasteiger partial charge in [-0.05, 0) is 37.3 Å². The highest BCUT2D eigenvalue weighted by atomic mass is 35.5. The number of rotatable bonds is 5. The maximum atomic E-state index is 12.9. The van der Waals surface area contributed by atoms with Crippen molar-refractivity contribution in [2.75, 3.05) is 6.54 Å². The molecule has 0 unspecified atom stereocenters. The number of nitrogens with two attached hydrogens (primary N) is 1. The molecule has 27 heavy (non-hydrogen) atoms. The van der Waals surface area contributed by atoms with Crippen molar-refractivity contribution in [2.24, 2.45) is 10.7 Å². The molecule has 2 rings (SSSR count). The first kappa shape index (κ1) is 20.5. The lowest BCUT2D eigenvalue weighted by molar-refractivity contribution is -0.0925. The molecule has 0 atom stereocenters. The zero-order valence-electron chi connectivity index (χ0n) is 14.3. The van der Waals surface area contributed by atoms with Crippen molar-refractivity contribution < 1.29 is 18.0 Å². The van der Waals surface area contributed by atoms with E-state index in [1.54, 1.807) is 31.2 Å². The van der Waals surface area contributed by atoms with E-state index in [0.29, 0.717) is 23.4 Å². The third-order valence-corrected chi connectivity index (χ3v) is 3.81. The molecule has 0 radical (unpaired) electrons. The Kier molecular flexibility index (Phi) is 6.63. The van der Waals surface area contributed by atoms with Gasteiger partial charge in [-0.25, -0.2) is 4.99 Å². The van der Waals surface area contributed by atoms with Crippen molar-refractivity contribution in [1.29, 1.82) is 0 Å². The number of amides is 1. The van der Waals surface area contributed by atoms with Crippen LogP contribution in [0.15, 0.2) is 65.3 Å². The van der Waals surface area contributed by atoms with Gasteiger partial charge in [-0.2, -0.15) is 13.2 Å². The van der Waals surface area contributed by atoms with Crippen LogP contribution in [0.3, 0.4) is 0 Å². The number of carbonyl (C=O) groups is 1. The van der Waals surface area contributed by atoms with Gasteiger partial charge in [-0.1, -0.05) is 35.9 Å². The Balaban J connectivity index is 2.50. The highest BCUT2D eigenvalue weighted by molar-refractivity contribution is 6.33. The maximum absolute atomic E-state index is 12.9. The molecule has 2 aromatic carbocycles. The van der Waals surface area contributed by atoms with E-state index in [1.807, 2.05) is 0 Å². The Morgan fingerprint density at radius 3 is 2.30 bits per heavy atom. The summed E-state index contributed by atoms with van der Waals surface area (Å²) >= 11 is 6.05. The molecule has 8 heteroatoms. The molecule has 0 fully saturated rings. The smallest absolute Gasteiger partial charge is 0.395 e. The van der Waals surface area contributed by atoms with Crippen molar-refractivity contribution in [3.8, 4) is 0 Å². The molecule has 0 aromatic heterocycles. The van der Waals surface area contributed by atoms with Gasteiger partial charge >= 0.3 is 6.18 Å². The quantitative estimate of drug-likeness (QED) is 0.725. The summed E-state index contributed by atoms with van der Waals surface area (Å²) in [7, 11) is 0. The van der Waals surface area contributed by atoms with E-state index >= 15 is 0 Å². The summed E-state index contributed by atoms with van der Waals surface area (Å²) in [6.07, 6.45) is -3.95. The first-order valence-electron chi connectivity index (χ1n) is 7.98. The van der Waals surface area contributed by atoms with Crippen LogP contribution in [0.5, 0.6) is 0 Å². The van der Waals surface area contributed by atoms with Gasteiger partial charge in [0.15, 0.2) is 0 Å². The Hall–Kier alpha value is -2.80. The number of carbonyl (C=O) groups excluding carboxylic acids is 1. The van der Waals surface area contributed by atoms with Crippen LogP contribution in [0.4, 0.5) is 18.9 Å². The molecule has 1 amide bonds. The molecule has 0 aliphatic heterocycles. The zero-order chi connectivity index (χ0) is 20.0. The Morgan fingerprint density at radius 1 is 1.15 bits per heavy atom. The number of para-hydroxylation sites is 1. The number of hydrogen-bond donors (Lipinski definition) is 2. The fraction of sp³-hybridized carbons (Fsp3) is 0.158. The minimum atomic E-state index is -4.69. The van der Waals surface area contributed by atoms with Crippen LogP contribution in [0.2, 0.25) is 5.02 Å². The van der Waals surface area contributed by atoms with Crippen LogP contribution in [-0.2, 0) is 0 Å². The molecule has 0 saturated heterocycles. The second-order valence-corrected chi connectivity index (χ2v) is 5.89. The van der Waals surface area contributed by atoms with Gasteiger partial charge in [-0.15, -0.1) is 0 Å². The number of alkyl halides is 3. The molecule has 0 heterocycles. The van der Waals surface area contributed by atoms with Gasteiger partial charge in [0.1, 0.15) is 5.70 Å². The molecule has 4 nitrogen and oxygen atoms in total. The molecule has 0 aliphatic rings. The summed E-state index contributed by atoms with van der Waals surface area (Å²) in [6.45, 7) is 2.25. The van der Waals surface area contributed by atoms with Gasteiger partial charge < -0.3 is 11.1 Å². The minimum Gasteiger partial charge on any atom is -0.395 e. The van der Waals surface area contributed by atoms with Crippen molar-refractivity contribution in [3.63, 3.8) is 0 Å². The van der Waals surface area contributed by atoms with E-state index in [9.17, 15) is 18.0 Å². The number of nitrogens with zero attached hydrogens (tertiary/aromatic N) is 1. The molecule has 0 spiro atoms. The lowest BCUT2D eigenvalue weighted by Gasteiger charge is -2.10. The fourth-order valence-electron chi connectivity index (χ4n) is 2.14. The summed E-state index contributed by atoms with van der Waals surface area (Å²) in [6, 6.07) is 12.5. The standard InChI is InChI=1S/C19H17ClF3N3O/c1-2-25-18(27)13-9-7-12(8-10-13)16(11-17(24)19(21,22)23)26-15-6-4-3-5-14(15)20/h3-11H,2,24H2,1H3,(H,25,27). The van der Waals surface area contributed by atoms with Crippen molar-refractivity contribution in [1.82, 2.24) is 5.32 Å². The van der Waals surface area contributed by atoms with Gasteiger partial charge in [0.2, 0.25) is 0 Å². The highest BCUT2D eigenvalue weighted by Gasteiger charge is 2.31. The molecule has 0 saturated carbocycles. The van der Waals surface area contributed by atoms with E-state index < -0.39 is 11.9 Å². The molecule has 2 aromatic rings. The third kappa shape index (κ3) is 5.59. The Bertz CT molecular complexity index is 875. The number of nitrogens with one attached hydrogen (secondary N) is 1. The Morgan fingerprint density at radius 2 is 1.74 bits per heavy atom. The van der Waals surface area contributed by atoms with Crippen LogP contribution < -0.4 is 11.1 Å². The van der Waals surface area contributed by atoms with Gasteiger partial charge in [-0.3, -0.25) is 4.79 Å². The normalized spacial score (nSPS) is 12.8. The number of hydrogen-bond acceptors (Lipinski definition) is 3. The monoisotopic (exact) mass is 395 g/mol. The fourth-order valence-corrected chi connectivity index (χ4v) is 2.31. The van der Waals surface area contributed by atoms with E-state index in [2.05, 4.69) is 10.3 Å². The first-order chi connectivity index (χ1) is 12.7. The average molecular weight is 396 g/mol. The van der Waals surface area contributed by atoms with Crippen LogP contribution in [0.1, 0.15) is 22.8 Å². The first-order valence-corrected chi connectivity index (χ1v) is 8.36. The third-order valence-electron chi connectivity index (χ3n) is 3.49. The topological polar surface area (TPSA) is 67.5 Å². The molecular weight excluding hydrogens is 379 g/mol. The van der Waals surface area contributed by atoms with Crippen LogP contribution >= 0.6 is 11.6 Å². The number of allylic oxidation sites excluding steroid dienone is 2. The lowest BCUT2D eigenvalue weighted by atomic mass is 10.1.